The molecule has 1 unspecified atom stereocenters. The van der Waals surface area contributed by atoms with Crippen LogP contribution < -0.4 is 4.90 Å². The number of halogens is 1. The lowest BCUT2D eigenvalue weighted by atomic mass is 10.2. The molecule has 0 amide bonds. The van der Waals surface area contributed by atoms with Crippen molar-refractivity contribution in [3.8, 4) is 0 Å². The number of hydrogen-bond acceptors (Lipinski definition) is 4. The predicted octanol–water partition coefficient (Wildman–Crippen LogP) is 2.58. The average Bonchev–Trinajstić information content (AvgIpc) is 2.83. The number of thiazole rings is 1. The Kier molecular flexibility index (Phi) is 3.18. The Labute approximate surface area is 109 Å². The number of anilines is 1. The van der Waals surface area contributed by atoms with E-state index >= 15 is 0 Å². The Bertz CT molecular complexity index is 368. The van der Waals surface area contributed by atoms with E-state index in [-0.39, 0.29) is 0 Å². The predicted molar refractivity (Wildman–Crippen MR) is 71.2 cm³/mol. The Hall–Kier alpha value is -0.130. The van der Waals surface area contributed by atoms with Gasteiger partial charge in [0.2, 0.25) is 0 Å². The third-order valence-electron chi connectivity index (χ3n) is 3.54. The van der Waals surface area contributed by atoms with Crippen LogP contribution in [0.5, 0.6) is 0 Å². The quantitative estimate of drug-likeness (QED) is 0.795. The number of rotatable bonds is 1. The van der Waals surface area contributed by atoms with E-state index in [2.05, 4.69) is 36.1 Å². The first-order valence-corrected chi connectivity index (χ1v) is 7.60. The minimum Gasteiger partial charge on any atom is -0.346 e. The lowest BCUT2D eigenvalue weighted by Crippen LogP contribution is -2.36. The van der Waals surface area contributed by atoms with Crippen molar-refractivity contribution in [2.45, 2.75) is 25.3 Å². The van der Waals surface area contributed by atoms with Gasteiger partial charge in [0.15, 0.2) is 5.13 Å². The fourth-order valence-corrected chi connectivity index (χ4v) is 4.06. The van der Waals surface area contributed by atoms with Gasteiger partial charge in [-0.25, -0.2) is 4.98 Å². The second-order valence-corrected chi connectivity index (χ2v) is 6.23. The molecule has 3 nitrogen and oxygen atoms in total. The summed E-state index contributed by atoms with van der Waals surface area (Å²) in [4.78, 5) is 9.65. The van der Waals surface area contributed by atoms with Gasteiger partial charge in [-0.1, -0.05) is 0 Å². The van der Waals surface area contributed by atoms with E-state index in [1.165, 1.54) is 44.0 Å². The summed E-state index contributed by atoms with van der Waals surface area (Å²) < 4.78 is 0.972. The van der Waals surface area contributed by atoms with Crippen LogP contribution in [0.2, 0.25) is 0 Å². The molecule has 16 heavy (non-hydrogen) atoms. The first-order chi connectivity index (χ1) is 7.83. The molecule has 0 radical (unpaired) electrons. The molecule has 3 rings (SSSR count). The molecule has 0 saturated carbocycles. The van der Waals surface area contributed by atoms with Crippen LogP contribution in [0.15, 0.2) is 9.98 Å². The summed E-state index contributed by atoms with van der Waals surface area (Å²) in [6.07, 6.45) is 4.01. The molecule has 0 aromatic carbocycles. The molecule has 2 aliphatic heterocycles. The molecule has 0 bridgehead atoms. The molecule has 5 heteroatoms. The molecular formula is C11H16BrN3S. The summed E-state index contributed by atoms with van der Waals surface area (Å²) in [5.41, 5.74) is 0. The van der Waals surface area contributed by atoms with Crippen LogP contribution in [-0.2, 0) is 0 Å². The van der Waals surface area contributed by atoms with Gasteiger partial charge in [-0.05, 0) is 41.7 Å². The molecule has 2 aliphatic rings. The highest BCUT2D eigenvalue weighted by atomic mass is 79.9. The van der Waals surface area contributed by atoms with Crippen LogP contribution in [0.3, 0.4) is 0 Å². The van der Waals surface area contributed by atoms with Crippen molar-refractivity contribution in [3.63, 3.8) is 0 Å². The van der Waals surface area contributed by atoms with Crippen molar-refractivity contribution >= 4 is 32.4 Å². The van der Waals surface area contributed by atoms with Gasteiger partial charge < -0.3 is 4.90 Å². The van der Waals surface area contributed by atoms with Crippen molar-refractivity contribution < 1.29 is 0 Å². The smallest absolute Gasteiger partial charge is 0.186 e. The van der Waals surface area contributed by atoms with Gasteiger partial charge in [0.25, 0.3) is 0 Å². The fraction of sp³-hybridized carbons (Fsp3) is 0.727. The highest BCUT2D eigenvalue weighted by molar-refractivity contribution is 9.10. The molecule has 0 aliphatic carbocycles. The lowest BCUT2D eigenvalue weighted by Gasteiger charge is -2.25. The third-order valence-corrected chi connectivity index (χ3v) is 5.15. The van der Waals surface area contributed by atoms with E-state index in [1.807, 2.05) is 0 Å². The fourth-order valence-electron chi connectivity index (χ4n) is 2.77. The summed E-state index contributed by atoms with van der Waals surface area (Å²) in [5.74, 6) is 0. The standard InChI is InChI=1S/C11H16BrN3S/c12-10-8-16-11(13-10)15-6-2-5-14-4-1-3-9(14)7-15/h8-9H,1-7H2. The first kappa shape index (κ1) is 11.0. The zero-order valence-corrected chi connectivity index (χ0v) is 11.6. The van der Waals surface area contributed by atoms with Crippen molar-refractivity contribution in [3.05, 3.63) is 9.98 Å². The third kappa shape index (κ3) is 2.13. The van der Waals surface area contributed by atoms with Gasteiger partial charge in [-0.3, -0.25) is 4.90 Å². The van der Waals surface area contributed by atoms with Crippen molar-refractivity contribution in [2.24, 2.45) is 0 Å². The van der Waals surface area contributed by atoms with Crippen LogP contribution in [0, 0.1) is 0 Å². The largest absolute Gasteiger partial charge is 0.346 e. The summed E-state index contributed by atoms with van der Waals surface area (Å²) >= 11 is 5.19. The van der Waals surface area contributed by atoms with Gasteiger partial charge >= 0.3 is 0 Å². The summed E-state index contributed by atoms with van der Waals surface area (Å²) in [6, 6.07) is 0.769. The van der Waals surface area contributed by atoms with E-state index in [0.717, 1.165) is 17.2 Å². The van der Waals surface area contributed by atoms with E-state index in [9.17, 15) is 0 Å². The van der Waals surface area contributed by atoms with E-state index in [0.29, 0.717) is 0 Å². The van der Waals surface area contributed by atoms with Gasteiger partial charge in [0.1, 0.15) is 4.60 Å². The molecular weight excluding hydrogens is 286 g/mol. The Morgan fingerprint density at radius 3 is 3.00 bits per heavy atom. The number of aromatic nitrogens is 1. The monoisotopic (exact) mass is 301 g/mol. The van der Waals surface area contributed by atoms with Crippen molar-refractivity contribution in [1.29, 1.82) is 0 Å². The zero-order valence-electron chi connectivity index (χ0n) is 9.23. The average molecular weight is 302 g/mol. The van der Waals surface area contributed by atoms with Crippen LogP contribution in [0.25, 0.3) is 0 Å². The second kappa shape index (κ2) is 4.63. The van der Waals surface area contributed by atoms with Crippen LogP contribution in [0.1, 0.15) is 19.3 Å². The summed E-state index contributed by atoms with van der Waals surface area (Å²) in [5, 5.41) is 3.26. The Balaban J connectivity index is 1.76. The molecule has 1 aromatic rings. The zero-order chi connectivity index (χ0) is 11.0. The Morgan fingerprint density at radius 2 is 2.19 bits per heavy atom. The highest BCUT2D eigenvalue weighted by Crippen LogP contribution is 2.28. The molecule has 88 valence electrons. The van der Waals surface area contributed by atoms with E-state index in [4.69, 9.17) is 0 Å². The van der Waals surface area contributed by atoms with Crippen LogP contribution in [-0.4, -0.2) is 42.1 Å². The van der Waals surface area contributed by atoms with Crippen LogP contribution >= 0.6 is 27.3 Å². The molecule has 1 aromatic heterocycles. The maximum atomic E-state index is 4.53. The SMILES string of the molecule is Brc1csc(N2CCCN3CCCC3C2)n1. The minimum absolute atomic E-state index is 0.769. The summed E-state index contributed by atoms with van der Waals surface area (Å²) in [7, 11) is 0. The van der Waals surface area contributed by atoms with E-state index < -0.39 is 0 Å². The van der Waals surface area contributed by atoms with E-state index in [1.54, 1.807) is 11.3 Å². The Morgan fingerprint density at radius 1 is 1.31 bits per heavy atom. The highest BCUT2D eigenvalue weighted by Gasteiger charge is 2.29. The molecule has 0 N–H and O–H groups in total. The molecule has 2 fully saturated rings. The summed E-state index contributed by atoms with van der Waals surface area (Å²) in [6.45, 7) is 4.90. The van der Waals surface area contributed by atoms with Gasteiger partial charge in [-0.15, -0.1) is 11.3 Å². The molecule has 1 atom stereocenters. The maximum Gasteiger partial charge on any atom is 0.186 e. The molecule has 0 spiro atoms. The molecule has 2 saturated heterocycles. The number of nitrogens with zero attached hydrogens (tertiary/aromatic N) is 3. The number of hydrogen-bond donors (Lipinski definition) is 0. The normalized spacial score (nSPS) is 26.8. The van der Waals surface area contributed by atoms with Gasteiger partial charge in [-0.2, -0.15) is 0 Å². The number of fused-ring (bicyclic) bond motifs is 1. The minimum atomic E-state index is 0.769. The lowest BCUT2D eigenvalue weighted by molar-refractivity contribution is 0.273. The van der Waals surface area contributed by atoms with Crippen LogP contribution in [0.4, 0.5) is 5.13 Å². The molecule has 3 heterocycles. The van der Waals surface area contributed by atoms with Crippen molar-refractivity contribution in [1.82, 2.24) is 9.88 Å². The first-order valence-electron chi connectivity index (χ1n) is 5.93. The topological polar surface area (TPSA) is 19.4 Å². The van der Waals surface area contributed by atoms with Gasteiger partial charge in [0, 0.05) is 31.1 Å². The van der Waals surface area contributed by atoms with Gasteiger partial charge in [0.05, 0.1) is 0 Å². The second-order valence-electron chi connectivity index (χ2n) is 4.58. The maximum absolute atomic E-state index is 4.53. The van der Waals surface area contributed by atoms with Crippen molar-refractivity contribution in [2.75, 3.05) is 31.1 Å².